The van der Waals surface area contributed by atoms with Crippen molar-refractivity contribution >= 4 is 44.8 Å². The number of aromatic nitrogens is 1. The van der Waals surface area contributed by atoms with Gasteiger partial charge in [0.1, 0.15) is 9.71 Å². The average Bonchev–Trinajstić information content (AvgIpc) is 3.45. The van der Waals surface area contributed by atoms with E-state index in [1.165, 1.54) is 30.3 Å². The molecule has 1 aliphatic rings. The number of carbonyl (C=O) groups is 2. The molecule has 0 saturated heterocycles. The molecule has 1 aliphatic carbocycles. The predicted octanol–water partition coefficient (Wildman–Crippen LogP) is 6.52. The summed E-state index contributed by atoms with van der Waals surface area (Å²) in [4.78, 5) is 29.8. The first kappa shape index (κ1) is 24.4. The number of hydrogen-bond donors (Lipinski definition) is 1. The lowest BCUT2D eigenvalue weighted by Gasteiger charge is -2.13. The van der Waals surface area contributed by atoms with Crippen LogP contribution in [-0.2, 0) is 15.7 Å². The molecule has 1 N–H and O–H groups in total. The van der Waals surface area contributed by atoms with Gasteiger partial charge in [0.2, 0.25) is 0 Å². The number of allylic oxidation sites excluding steroid dienone is 1. The quantitative estimate of drug-likeness (QED) is 0.292. The Kier molecular flexibility index (Phi) is 7.37. The zero-order chi connectivity index (χ0) is 24.3. The molecule has 0 aromatic carbocycles. The largest absolute Gasteiger partial charge is 0.451 e. The summed E-state index contributed by atoms with van der Waals surface area (Å²) in [6.07, 6.45) is 2.80. The fraction of sp³-hybridized carbons (Fsp3) is 0.375. The molecule has 10 heteroatoms. The topological polar surface area (TPSA) is 68.3 Å². The minimum atomic E-state index is -4.62. The summed E-state index contributed by atoms with van der Waals surface area (Å²) in [7, 11) is 0. The van der Waals surface area contributed by atoms with Crippen molar-refractivity contribution in [3.63, 3.8) is 0 Å². The minimum absolute atomic E-state index is 0.0106. The van der Waals surface area contributed by atoms with Gasteiger partial charge in [-0.25, -0.2) is 9.78 Å². The maximum atomic E-state index is 13.8. The molecule has 0 fully saturated rings. The van der Waals surface area contributed by atoms with Gasteiger partial charge in [-0.3, -0.25) is 4.79 Å². The number of carbonyl (C=O) groups excluding carboxylic acids is 2. The van der Waals surface area contributed by atoms with Gasteiger partial charge in [0, 0.05) is 11.9 Å². The molecule has 0 bridgehead atoms. The van der Waals surface area contributed by atoms with Crippen LogP contribution in [0.1, 0.15) is 52.9 Å². The summed E-state index contributed by atoms with van der Waals surface area (Å²) in [5.74, 6) is -1.28. The van der Waals surface area contributed by atoms with E-state index >= 15 is 0 Å². The number of rotatable bonds is 7. The zero-order valence-corrected chi connectivity index (χ0v) is 20.1. The predicted molar refractivity (Wildman–Crippen MR) is 127 cm³/mol. The van der Waals surface area contributed by atoms with E-state index in [1.807, 2.05) is 0 Å². The molecule has 0 radical (unpaired) electrons. The van der Waals surface area contributed by atoms with Gasteiger partial charge in [0.25, 0.3) is 5.91 Å². The number of fused-ring (bicyclic) bond motifs is 1. The summed E-state index contributed by atoms with van der Waals surface area (Å²) >= 11 is 2.12. The van der Waals surface area contributed by atoms with E-state index in [1.54, 1.807) is 17.5 Å². The van der Waals surface area contributed by atoms with E-state index in [4.69, 9.17) is 4.74 Å². The van der Waals surface area contributed by atoms with Crippen LogP contribution in [0.5, 0.6) is 0 Å². The number of aryl methyl sites for hydroxylation is 1. The second-order valence-electron chi connectivity index (χ2n) is 8.05. The monoisotopic (exact) mass is 508 g/mol. The van der Waals surface area contributed by atoms with E-state index in [9.17, 15) is 22.8 Å². The first-order valence-electron chi connectivity index (χ1n) is 10.9. The summed E-state index contributed by atoms with van der Waals surface area (Å²) < 4.78 is 46.6. The van der Waals surface area contributed by atoms with Crippen LogP contribution in [0.25, 0.3) is 20.8 Å². The van der Waals surface area contributed by atoms with Crippen molar-refractivity contribution in [3.05, 3.63) is 51.2 Å². The fourth-order valence-corrected chi connectivity index (χ4v) is 5.74. The van der Waals surface area contributed by atoms with Crippen molar-refractivity contribution in [2.24, 2.45) is 0 Å². The number of pyridine rings is 1. The molecular formula is C24H23F3N2O3S2. The third-order valence-electron chi connectivity index (χ3n) is 5.65. The van der Waals surface area contributed by atoms with Crippen LogP contribution in [0.15, 0.2) is 35.2 Å². The van der Waals surface area contributed by atoms with Crippen LogP contribution in [0.3, 0.4) is 0 Å². The Bertz CT molecular complexity index is 1230. The van der Waals surface area contributed by atoms with E-state index in [0.717, 1.165) is 43.1 Å². The highest BCUT2D eigenvalue weighted by atomic mass is 32.1. The van der Waals surface area contributed by atoms with E-state index in [0.29, 0.717) is 11.4 Å². The van der Waals surface area contributed by atoms with Crippen LogP contribution in [-0.4, -0.2) is 30.0 Å². The van der Waals surface area contributed by atoms with E-state index in [2.05, 4.69) is 16.4 Å². The first-order chi connectivity index (χ1) is 16.2. The van der Waals surface area contributed by atoms with Gasteiger partial charge >= 0.3 is 12.1 Å². The first-order valence-corrected chi connectivity index (χ1v) is 12.6. The lowest BCUT2D eigenvalue weighted by molar-refractivity contribution is -0.136. The average molecular weight is 509 g/mol. The van der Waals surface area contributed by atoms with Crippen LogP contribution in [0.4, 0.5) is 13.2 Å². The number of ether oxygens (including phenoxy) is 1. The van der Waals surface area contributed by atoms with Gasteiger partial charge in [-0.2, -0.15) is 13.2 Å². The molecule has 0 aliphatic heterocycles. The van der Waals surface area contributed by atoms with Gasteiger partial charge in [0.05, 0.1) is 16.1 Å². The standard InChI is InChI=1S/C24H23F3N2O3S2/c1-14-20-16(24(25,26)27)12-17(18-8-5-11-33-18)29-22(20)34-21(14)23(31)32-13-19(30)28-10-9-15-6-3-2-4-7-15/h5-6,8,11-12H,2-4,7,9-10,13H2,1H3,(H,28,30). The maximum absolute atomic E-state index is 13.8. The number of thiophene rings is 2. The molecular weight excluding hydrogens is 485 g/mol. The Morgan fingerprint density at radius 2 is 2.09 bits per heavy atom. The lowest BCUT2D eigenvalue weighted by atomic mass is 9.97. The highest BCUT2D eigenvalue weighted by Gasteiger charge is 2.36. The Labute approximate surface area is 202 Å². The number of esters is 1. The number of amides is 1. The number of nitrogens with zero attached hydrogens (tertiary/aromatic N) is 1. The molecule has 0 spiro atoms. The molecule has 180 valence electrons. The summed E-state index contributed by atoms with van der Waals surface area (Å²) in [6, 6.07) is 4.44. The van der Waals surface area contributed by atoms with Gasteiger partial charge in [-0.1, -0.05) is 17.7 Å². The summed E-state index contributed by atoms with van der Waals surface area (Å²) in [5.41, 5.74) is 0.818. The molecule has 5 nitrogen and oxygen atoms in total. The number of alkyl halides is 3. The third kappa shape index (κ3) is 5.50. The Hall–Kier alpha value is -2.72. The Balaban J connectivity index is 1.48. The molecule has 0 unspecified atom stereocenters. The Morgan fingerprint density at radius 1 is 1.26 bits per heavy atom. The van der Waals surface area contributed by atoms with E-state index in [-0.39, 0.29) is 26.4 Å². The summed E-state index contributed by atoms with van der Waals surface area (Å²) in [6.45, 7) is 1.40. The van der Waals surface area contributed by atoms with Gasteiger partial charge in [-0.15, -0.1) is 22.7 Å². The van der Waals surface area contributed by atoms with Crippen molar-refractivity contribution in [2.45, 2.75) is 45.2 Å². The van der Waals surface area contributed by atoms with Crippen molar-refractivity contribution < 1.29 is 27.5 Å². The minimum Gasteiger partial charge on any atom is -0.451 e. The van der Waals surface area contributed by atoms with Gasteiger partial charge < -0.3 is 10.1 Å². The summed E-state index contributed by atoms with van der Waals surface area (Å²) in [5, 5.41) is 4.36. The number of nitrogens with one attached hydrogen (secondary N) is 1. The fourth-order valence-electron chi connectivity index (χ4n) is 3.96. The van der Waals surface area contributed by atoms with Gasteiger partial charge in [-0.05, 0) is 62.1 Å². The smallest absolute Gasteiger partial charge is 0.417 e. The molecule has 4 rings (SSSR count). The van der Waals surface area contributed by atoms with Gasteiger partial charge in [0.15, 0.2) is 6.61 Å². The van der Waals surface area contributed by atoms with Crippen LogP contribution >= 0.6 is 22.7 Å². The second kappa shape index (κ2) is 10.3. The SMILES string of the molecule is Cc1c(C(=O)OCC(=O)NCCC2=CCCCC2)sc2nc(-c3cccs3)cc(C(F)(F)F)c12. The van der Waals surface area contributed by atoms with Crippen LogP contribution < -0.4 is 5.32 Å². The zero-order valence-electron chi connectivity index (χ0n) is 18.5. The third-order valence-corrected chi connectivity index (χ3v) is 7.71. The normalized spacial score (nSPS) is 14.2. The second-order valence-corrected chi connectivity index (χ2v) is 10.00. The molecule has 3 aromatic rings. The highest BCUT2D eigenvalue weighted by molar-refractivity contribution is 7.20. The number of hydrogen-bond acceptors (Lipinski definition) is 6. The number of halogens is 3. The molecule has 0 saturated carbocycles. The van der Waals surface area contributed by atoms with E-state index < -0.39 is 30.2 Å². The molecule has 34 heavy (non-hydrogen) atoms. The van der Waals surface area contributed by atoms with Crippen LogP contribution in [0.2, 0.25) is 0 Å². The molecule has 1 amide bonds. The van der Waals surface area contributed by atoms with Crippen molar-refractivity contribution in [1.29, 1.82) is 0 Å². The lowest BCUT2D eigenvalue weighted by Crippen LogP contribution is -2.29. The Morgan fingerprint density at radius 3 is 2.76 bits per heavy atom. The van der Waals surface area contributed by atoms with Crippen molar-refractivity contribution in [1.82, 2.24) is 10.3 Å². The maximum Gasteiger partial charge on any atom is 0.417 e. The van der Waals surface area contributed by atoms with Crippen molar-refractivity contribution in [2.75, 3.05) is 13.2 Å². The molecule has 3 aromatic heterocycles. The highest BCUT2D eigenvalue weighted by Crippen LogP contribution is 2.42. The van der Waals surface area contributed by atoms with Crippen molar-refractivity contribution in [3.8, 4) is 10.6 Å². The molecule has 0 atom stereocenters. The van der Waals surface area contributed by atoms with Crippen LogP contribution in [0, 0.1) is 6.92 Å². The molecule has 3 heterocycles.